The lowest BCUT2D eigenvalue weighted by atomic mass is 10.4. The summed E-state index contributed by atoms with van der Waals surface area (Å²) in [6.07, 6.45) is 1.86. The summed E-state index contributed by atoms with van der Waals surface area (Å²) in [6.45, 7) is 2.02. The van der Waals surface area contributed by atoms with Gasteiger partial charge in [-0.2, -0.15) is 0 Å². The zero-order chi connectivity index (χ0) is 10.4. The molecule has 4 heteroatoms. The summed E-state index contributed by atoms with van der Waals surface area (Å²) in [5.41, 5.74) is 3.50. The van der Waals surface area contributed by atoms with Crippen LogP contribution in [0.1, 0.15) is 5.69 Å². The summed E-state index contributed by atoms with van der Waals surface area (Å²) >= 11 is 1.76. The van der Waals surface area contributed by atoms with Crippen molar-refractivity contribution in [3.05, 3.63) is 29.4 Å². The molecular weight excluding hydrogens is 206 g/mol. The molecule has 3 aromatic heterocycles. The van der Waals surface area contributed by atoms with E-state index in [1.807, 2.05) is 13.1 Å². The van der Waals surface area contributed by atoms with Gasteiger partial charge in [-0.1, -0.05) is 0 Å². The molecule has 3 aromatic rings. The minimum absolute atomic E-state index is 0.943. The first kappa shape index (κ1) is 8.73. The molecule has 0 aliphatic carbocycles. The molecule has 15 heavy (non-hydrogen) atoms. The van der Waals surface area contributed by atoms with Gasteiger partial charge in [0.15, 0.2) is 5.82 Å². The predicted molar refractivity (Wildman–Crippen MR) is 63.1 cm³/mol. The summed E-state index contributed by atoms with van der Waals surface area (Å²) in [7, 11) is 2.07. The fraction of sp³-hybridized carbons (Fsp3) is 0.182. The maximum atomic E-state index is 4.35. The Morgan fingerprint density at radius 2 is 2.33 bits per heavy atom. The molecule has 0 atom stereocenters. The highest BCUT2D eigenvalue weighted by atomic mass is 32.1. The van der Waals surface area contributed by atoms with Crippen LogP contribution in [-0.4, -0.2) is 14.5 Å². The van der Waals surface area contributed by atoms with Gasteiger partial charge in [-0.3, -0.25) is 0 Å². The largest absolute Gasteiger partial charge is 0.341 e. The first-order valence-electron chi connectivity index (χ1n) is 4.80. The summed E-state index contributed by atoms with van der Waals surface area (Å²) < 4.78 is 3.48. The number of imidazole rings is 1. The third kappa shape index (κ3) is 1.22. The molecule has 0 aliphatic rings. The highest BCUT2D eigenvalue weighted by Crippen LogP contribution is 2.28. The molecule has 3 heterocycles. The van der Waals surface area contributed by atoms with Crippen LogP contribution in [0.2, 0.25) is 0 Å². The molecule has 0 spiro atoms. The number of H-pyrrole nitrogens is 1. The molecule has 0 aliphatic heterocycles. The van der Waals surface area contributed by atoms with E-state index in [9.17, 15) is 0 Å². The maximum absolute atomic E-state index is 4.35. The van der Waals surface area contributed by atoms with Crippen LogP contribution in [0, 0.1) is 6.92 Å². The van der Waals surface area contributed by atoms with Crippen LogP contribution >= 0.6 is 11.3 Å². The Morgan fingerprint density at radius 3 is 3.00 bits per heavy atom. The first-order valence-corrected chi connectivity index (χ1v) is 5.68. The Kier molecular flexibility index (Phi) is 1.73. The molecule has 3 nitrogen and oxygen atoms in total. The van der Waals surface area contributed by atoms with E-state index in [0.29, 0.717) is 0 Å². The number of nitrogens with zero attached hydrogens (tertiary/aromatic N) is 2. The Labute approximate surface area is 91.4 Å². The van der Waals surface area contributed by atoms with Crippen molar-refractivity contribution in [3.8, 4) is 11.5 Å². The third-order valence-corrected chi connectivity index (χ3v) is 3.46. The van der Waals surface area contributed by atoms with E-state index in [1.165, 1.54) is 10.2 Å². The van der Waals surface area contributed by atoms with Crippen molar-refractivity contribution < 1.29 is 0 Å². The molecule has 0 saturated heterocycles. The second-order valence-corrected chi connectivity index (χ2v) is 4.62. The number of fused-ring (bicyclic) bond motifs is 1. The van der Waals surface area contributed by atoms with E-state index in [2.05, 4.69) is 39.1 Å². The van der Waals surface area contributed by atoms with Crippen LogP contribution in [-0.2, 0) is 7.05 Å². The van der Waals surface area contributed by atoms with Gasteiger partial charge in [0.2, 0.25) is 0 Å². The second-order valence-electron chi connectivity index (χ2n) is 3.67. The molecule has 1 N–H and O–H groups in total. The van der Waals surface area contributed by atoms with E-state index in [0.717, 1.165) is 17.2 Å². The van der Waals surface area contributed by atoms with Gasteiger partial charge in [0.05, 0.1) is 15.9 Å². The highest BCUT2D eigenvalue weighted by Gasteiger charge is 2.10. The predicted octanol–water partition coefficient (Wildman–Crippen LogP) is 2.94. The third-order valence-electron chi connectivity index (χ3n) is 2.61. The number of aryl methyl sites for hydroxylation is 2. The normalized spacial score (nSPS) is 11.3. The second kappa shape index (κ2) is 2.97. The molecule has 0 saturated carbocycles. The van der Waals surface area contributed by atoms with Gasteiger partial charge in [-0.05, 0) is 24.4 Å². The highest BCUT2D eigenvalue weighted by molar-refractivity contribution is 7.17. The lowest BCUT2D eigenvalue weighted by molar-refractivity contribution is 0.964. The van der Waals surface area contributed by atoms with Crippen LogP contribution in [0.5, 0.6) is 0 Å². The van der Waals surface area contributed by atoms with Crippen LogP contribution in [0.4, 0.5) is 0 Å². The van der Waals surface area contributed by atoms with E-state index >= 15 is 0 Å². The standard InChI is InChI=1S/C11H11N3S/c1-7-6-12-11(13-7)9-5-10-8(14(9)2)3-4-15-10/h3-6H,1-2H3,(H,12,13). The number of aromatic nitrogens is 3. The maximum Gasteiger partial charge on any atom is 0.154 e. The van der Waals surface area contributed by atoms with Crippen LogP contribution in [0.25, 0.3) is 21.7 Å². The van der Waals surface area contributed by atoms with Gasteiger partial charge in [0, 0.05) is 18.9 Å². The number of aromatic amines is 1. The van der Waals surface area contributed by atoms with E-state index < -0.39 is 0 Å². The number of rotatable bonds is 1. The van der Waals surface area contributed by atoms with Crippen molar-refractivity contribution in [2.75, 3.05) is 0 Å². The van der Waals surface area contributed by atoms with Gasteiger partial charge in [-0.25, -0.2) is 4.98 Å². The first-order chi connectivity index (χ1) is 7.25. The molecule has 0 bridgehead atoms. The molecule has 0 amide bonds. The zero-order valence-corrected chi connectivity index (χ0v) is 9.43. The summed E-state index contributed by atoms with van der Waals surface area (Å²) in [5.74, 6) is 0.943. The average molecular weight is 217 g/mol. The number of hydrogen-bond acceptors (Lipinski definition) is 2. The van der Waals surface area contributed by atoms with Gasteiger partial charge in [0.1, 0.15) is 0 Å². The van der Waals surface area contributed by atoms with E-state index in [1.54, 1.807) is 11.3 Å². The quantitative estimate of drug-likeness (QED) is 0.668. The average Bonchev–Trinajstić information content (AvgIpc) is 2.84. The number of thiophene rings is 1. The molecule has 76 valence electrons. The van der Waals surface area contributed by atoms with Crippen LogP contribution in [0.3, 0.4) is 0 Å². The Bertz CT molecular complexity index is 615. The van der Waals surface area contributed by atoms with Crippen molar-refractivity contribution in [1.29, 1.82) is 0 Å². The van der Waals surface area contributed by atoms with Crippen molar-refractivity contribution in [3.63, 3.8) is 0 Å². The molecule has 3 rings (SSSR count). The van der Waals surface area contributed by atoms with Gasteiger partial charge < -0.3 is 9.55 Å². The Balaban J connectivity index is 2.26. The van der Waals surface area contributed by atoms with Crippen LogP contribution in [0.15, 0.2) is 23.7 Å². The molecule has 0 radical (unpaired) electrons. The lowest BCUT2D eigenvalue weighted by Gasteiger charge is -1.99. The summed E-state index contributed by atoms with van der Waals surface area (Å²) in [6, 6.07) is 4.32. The minimum Gasteiger partial charge on any atom is -0.341 e. The lowest BCUT2D eigenvalue weighted by Crippen LogP contribution is -1.91. The van der Waals surface area contributed by atoms with Crippen molar-refractivity contribution in [1.82, 2.24) is 14.5 Å². The summed E-state index contributed by atoms with van der Waals surface area (Å²) in [5, 5.41) is 2.11. The molecular formula is C11H11N3S. The number of nitrogens with one attached hydrogen (secondary N) is 1. The van der Waals surface area contributed by atoms with Crippen molar-refractivity contribution in [2.24, 2.45) is 7.05 Å². The fourth-order valence-electron chi connectivity index (χ4n) is 1.82. The smallest absolute Gasteiger partial charge is 0.154 e. The van der Waals surface area contributed by atoms with Crippen molar-refractivity contribution >= 4 is 21.6 Å². The van der Waals surface area contributed by atoms with E-state index in [-0.39, 0.29) is 0 Å². The monoisotopic (exact) mass is 217 g/mol. The molecule has 0 aromatic carbocycles. The van der Waals surface area contributed by atoms with Gasteiger partial charge in [-0.15, -0.1) is 11.3 Å². The van der Waals surface area contributed by atoms with E-state index in [4.69, 9.17) is 0 Å². The Hall–Kier alpha value is -1.55. The van der Waals surface area contributed by atoms with Gasteiger partial charge in [0.25, 0.3) is 0 Å². The molecule has 0 fully saturated rings. The topological polar surface area (TPSA) is 33.6 Å². The van der Waals surface area contributed by atoms with Gasteiger partial charge >= 0.3 is 0 Å². The molecule has 0 unspecified atom stereocenters. The fourth-order valence-corrected chi connectivity index (χ4v) is 2.67. The van der Waals surface area contributed by atoms with Crippen molar-refractivity contribution in [2.45, 2.75) is 6.92 Å². The SMILES string of the molecule is Cc1cnc(-c2cc3sccc3n2C)[nH]1. The Morgan fingerprint density at radius 1 is 1.47 bits per heavy atom. The minimum atomic E-state index is 0.943. The van der Waals surface area contributed by atoms with Crippen LogP contribution < -0.4 is 0 Å². The zero-order valence-electron chi connectivity index (χ0n) is 8.61. The number of hydrogen-bond donors (Lipinski definition) is 1. The summed E-state index contributed by atoms with van der Waals surface area (Å²) in [4.78, 5) is 7.61.